The van der Waals surface area contributed by atoms with Gasteiger partial charge in [0.1, 0.15) is 11.5 Å². The number of aryl methyl sites for hydroxylation is 3. The van der Waals surface area contributed by atoms with Crippen LogP contribution in [0.25, 0.3) is 6.08 Å². The van der Waals surface area contributed by atoms with Gasteiger partial charge in [-0.2, -0.15) is 0 Å². The highest BCUT2D eigenvalue weighted by atomic mass is 35.5. The summed E-state index contributed by atoms with van der Waals surface area (Å²) in [7, 11) is 0. The Morgan fingerprint density at radius 3 is 2.86 bits per heavy atom. The maximum Gasteiger partial charge on any atom is 0.137 e. The van der Waals surface area contributed by atoms with Crippen molar-refractivity contribution in [3.63, 3.8) is 0 Å². The van der Waals surface area contributed by atoms with Crippen LogP contribution >= 0.6 is 11.6 Å². The van der Waals surface area contributed by atoms with Gasteiger partial charge in [0.15, 0.2) is 0 Å². The lowest BCUT2D eigenvalue weighted by atomic mass is 9.85. The minimum atomic E-state index is 0.0590. The minimum Gasteiger partial charge on any atom is -0.469 e. The van der Waals surface area contributed by atoms with Crippen LogP contribution in [0.3, 0.4) is 0 Å². The van der Waals surface area contributed by atoms with E-state index in [9.17, 15) is 4.79 Å². The Labute approximate surface area is 212 Å². The molecule has 2 unspecified atom stereocenters. The fourth-order valence-electron chi connectivity index (χ4n) is 5.33. The molecular formula is C30H31ClN2O2. The molecule has 4 nitrogen and oxygen atoms in total. The number of rotatable bonds is 8. The van der Waals surface area contributed by atoms with Gasteiger partial charge in [0, 0.05) is 42.2 Å². The molecule has 1 aliphatic carbocycles. The summed E-state index contributed by atoms with van der Waals surface area (Å²) in [4.78, 5) is 20.2. The van der Waals surface area contributed by atoms with Crippen molar-refractivity contribution in [3.8, 4) is 0 Å². The van der Waals surface area contributed by atoms with Crippen molar-refractivity contribution in [1.82, 2.24) is 9.88 Å². The van der Waals surface area contributed by atoms with E-state index >= 15 is 0 Å². The van der Waals surface area contributed by atoms with Crippen LogP contribution in [0.2, 0.25) is 5.02 Å². The zero-order valence-corrected chi connectivity index (χ0v) is 20.7. The molecule has 5 heteroatoms. The van der Waals surface area contributed by atoms with Crippen molar-refractivity contribution in [2.24, 2.45) is 5.92 Å². The van der Waals surface area contributed by atoms with Crippen LogP contribution in [0.5, 0.6) is 0 Å². The number of furan rings is 1. The van der Waals surface area contributed by atoms with E-state index in [-0.39, 0.29) is 12.0 Å². The Balaban J connectivity index is 1.27. The zero-order valence-electron chi connectivity index (χ0n) is 20.0. The summed E-state index contributed by atoms with van der Waals surface area (Å²) in [5.41, 5.74) is 5.64. The van der Waals surface area contributed by atoms with E-state index < -0.39 is 0 Å². The van der Waals surface area contributed by atoms with Gasteiger partial charge in [0.25, 0.3) is 0 Å². The highest BCUT2D eigenvalue weighted by molar-refractivity contribution is 6.31. The fourth-order valence-corrected chi connectivity index (χ4v) is 5.56. The van der Waals surface area contributed by atoms with Gasteiger partial charge in [0.05, 0.1) is 12.3 Å². The molecule has 0 N–H and O–H groups in total. The number of Topliss-reactive ketones (excluding diaryl/α,β-unsaturated/α-hetero) is 1. The number of halogens is 1. The molecule has 1 fully saturated rings. The smallest absolute Gasteiger partial charge is 0.137 e. The Morgan fingerprint density at radius 1 is 1.14 bits per heavy atom. The van der Waals surface area contributed by atoms with Crippen LogP contribution in [-0.4, -0.2) is 28.8 Å². The van der Waals surface area contributed by atoms with E-state index in [1.54, 1.807) is 6.26 Å². The first kappa shape index (κ1) is 23.8. The molecule has 180 valence electrons. The normalized spacial score (nSPS) is 20.1. The van der Waals surface area contributed by atoms with Crippen LogP contribution in [0.1, 0.15) is 53.4 Å². The van der Waals surface area contributed by atoms with Gasteiger partial charge in [-0.3, -0.25) is 14.7 Å². The minimum absolute atomic E-state index is 0.0590. The second kappa shape index (κ2) is 10.8. The number of hydrogen-bond acceptors (Lipinski definition) is 4. The molecule has 0 radical (unpaired) electrons. The lowest BCUT2D eigenvalue weighted by molar-refractivity contribution is -0.124. The lowest BCUT2D eigenvalue weighted by Crippen LogP contribution is -2.42. The molecule has 35 heavy (non-hydrogen) atoms. The van der Waals surface area contributed by atoms with E-state index in [0.717, 1.165) is 66.4 Å². The van der Waals surface area contributed by atoms with Crippen LogP contribution in [0.4, 0.5) is 0 Å². The quantitative estimate of drug-likeness (QED) is 0.357. The van der Waals surface area contributed by atoms with Gasteiger partial charge in [-0.05, 0) is 78.8 Å². The summed E-state index contributed by atoms with van der Waals surface area (Å²) in [5.74, 6) is 1.27. The fraction of sp³-hybridized carbons (Fsp3) is 0.333. The van der Waals surface area contributed by atoms with Crippen molar-refractivity contribution >= 4 is 23.5 Å². The highest BCUT2D eigenvalue weighted by Gasteiger charge is 2.33. The number of fused-ring (bicyclic) bond motifs is 1. The SMILES string of the molecule is C=C1C=Cc2cc(CCc3ccccc3Cl)ncc2C1N1CCCC(C(=O)CCc2ccco2)C1. The second-order valence-electron chi connectivity index (χ2n) is 9.59. The van der Waals surface area contributed by atoms with Gasteiger partial charge in [0.2, 0.25) is 0 Å². The van der Waals surface area contributed by atoms with Gasteiger partial charge in [-0.15, -0.1) is 0 Å². The molecule has 2 aliphatic rings. The molecule has 1 aromatic carbocycles. The standard InChI is InChI=1S/C30H31ClN2O2/c1-21-10-11-23-18-25(13-12-22-6-2-3-9-28(22)31)32-19-27(23)30(21)33-16-4-7-24(20-33)29(34)15-14-26-8-5-17-35-26/h2-3,5-6,8-11,17-19,24,30H,1,4,7,12-16,20H2. The molecule has 0 bridgehead atoms. The maximum atomic E-state index is 13.0. The van der Waals surface area contributed by atoms with Crippen molar-refractivity contribution in [2.75, 3.05) is 13.1 Å². The number of carbonyl (C=O) groups excluding carboxylic acids is 1. The number of nitrogens with zero attached hydrogens (tertiary/aromatic N) is 2. The highest BCUT2D eigenvalue weighted by Crippen LogP contribution is 2.38. The molecule has 3 aromatic rings. The van der Waals surface area contributed by atoms with E-state index in [0.29, 0.717) is 18.6 Å². The summed E-state index contributed by atoms with van der Waals surface area (Å²) < 4.78 is 5.40. The number of carbonyl (C=O) groups is 1. The molecule has 2 atom stereocenters. The molecule has 1 saturated heterocycles. The first-order chi connectivity index (χ1) is 17.1. The Kier molecular flexibility index (Phi) is 7.31. The summed E-state index contributed by atoms with van der Waals surface area (Å²) in [6, 6.07) is 14.1. The zero-order chi connectivity index (χ0) is 24.2. The first-order valence-corrected chi connectivity index (χ1v) is 12.8. The summed E-state index contributed by atoms with van der Waals surface area (Å²) in [6.45, 7) is 6.08. The molecule has 0 amide bonds. The molecule has 3 heterocycles. The summed E-state index contributed by atoms with van der Waals surface area (Å²) in [5, 5.41) is 0.806. The third-order valence-electron chi connectivity index (χ3n) is 7.23. The largest absolute Gasteiger partial charge is 0.469 e. The molecule has 2 aromatic heterocycles. The summed E-state index contributed by atoms with van der Waals surface area (Å²) in [6.07, 6.45) is 12.8. The van der Waals surface area contributed by atoms with Crippen LogP contribution in [-0.2, 0) is 24.1 Å². The van der Waals surface area contributed by atoms with Gasteiger partial charge in [-0.1, -0.05) is 48.5 Å². The van der Waals surface area contributed by atoms with Crippen molar-refractivity contribution in [3.05, 3.63) is 106 Å². The van der Waals surface area contributed by atoms with Gasteiger partial charge < -0.3 is 4.42 Å². The average Bonchev–Trinajstić information content (AvgIpc) is 3.40. The topological polar surface area (TPSA) is 46.3 Å². The Morgan fingerprint density at radius 2 is 2.03 bits per heavy atom. The third-order valence-corrected chi connectivity index (χ3v) is 7.60. The van der Waals surface area contributed by atoms with E-state index in [4.69, 9.17) is 21.0 Å². The van der Waals surface area contributed by atoms with Crippen molar-refractivity contribution in [2.45, 2.75) is 44.6 Å². The lowest BCUT2D eigenvalue weighted by Gasteiger charge is -2.40. The van der Waals surface area contributed by atoms with Gasteiger partial charge >= 0.3 is 0 Å². The summed E-state index contributed by atoms with van der Waals surface area (Å²) >= 11 is 6.33. The number of benzene rings is 1. The monoisotopic (exact) mass is 486 g/mol. The molecule has 1 aliphatic heterocycles. The molecular weight excluding hydrogens is 456 g/mol. The molecule has 5 rings (SSSR count). The molecule has 0 spiro atoms. The van der Waals surface area contributed by atoms with Gasteiger partial charge in [-0.25, -0.2) is 0 Å². The number of hydrogen-bond donors (Lipinski definition) is 0. The number of likely N-dealkylation sites (tertiary alicyclic amines) is 1. The maximum absolute atomic E-state index is 13.0. The van der Waals surface area contributed by atoms with E-state index in [2.05, 4.69) is 35.8 Å². The Hall–Kier alpha value is -2.95. The van der Waals surface area contributed by atoms with Crippen molar-refractivity contribution < 1.29 is 9.21 Å². The van der Waals surface area contributed by atoms with E-state index in [1.165, 1.54) is 11.1 Å². The van der Waals surface area contributed by atoms with Crippen molar-refractivity contribution in [1.29, 1.82) is 0 Å². The van der Waals surface area contributed by atoms with Crippen LogP contribution < -0.4 is 0 Å². The number of piperidine rings is 1. The molecule has 0 saturated carbocycles. The third kappa shape index (κ3) is 5.50. The van der Waals surface area contributed by atoms with E-state index in [1.807, 2.05) is 36.5 Å². The number of ketones is 1. The number of pyridine rings is 1. The van der Waals surface area contributed by atoms with Crippen LogP contribution in [0, 0.1) is 5.92 Å². The predicted molar refractivity (Wildman–Crippen MR) is 140 cm³/mol. The number of aromatic nitrogens is 1. The first-order valence-electron chi connectivity index (χ1n) is 12.5. The predicted octanol–water partition coefficient (Wildman–Crippen LogP) is 6.65. The Bertz CT molecular complexity index is 1230. The van der Waals surface area contributed by atoms with Crippen LogP contribution in [0.15, 0.2) is 77.6 Å². The average molecular weight is 487 g/mol. The second-order valence-corrected chi connectivity index (χ2v) is 9.99.